The molecule has 0 unspecified atom stereocenters. The van der Waals surface area contributed by atoms with Crippen LogP contribution in [-0.4, -0.2) is 26.2 Å². The van der Waals surface area contributed by atoms with Crippen LogP contribution in [0.2, 0.25) is 0 Å². The molecular weight excluding hydrogens is 552 g/mol. The highest BCUT2D eigenvalue weighted by molar-refractivity contribution is 9.10. The van der Waals surface area contributed by atoms with Gasteiger partial charge in [0, 0.05) is 10.6 Å². The summed E-state index contributed by atoms with van der Waals surface area (Å²) in [7, 11) is 0. The molecule has 0 N–H and O–H groups in total. The summed E-state index contributed by atoms with van der Waals surface area (Å²) in [6.45, 7) is 2.02. The summed E-state index contributed by atoms with van der Waals surface area (Å²) < 4.78 is 8.72. The Morgan fingerprint density at radius 3 is 2.49 bits per heavy atom. The second-order valence-corrected chi connectivity index (χ2v) is 10.5. The molecular formula is C28H23BrN4O3S. The predicted octanol–water partition coefficient (Wildman–Crippen LogP) is 7.18. The molecule has 37 heavy (non-hydrogen) atoms. The molecule has 0 bridgehead atoms. The van der Waals surface area contributed by atoms with Gasteiger partial charge >= 0.3 is 0 Å². The van der Waals surface area contributed by atoms with Gasteiger partial charge in [0.1, 0.15) is 23.4 Å². The lowest BCUT2D eigenvalue weighted by atomic mass is 10.1. The van der Waals surface area contributed by atoms with Crippen LogP contribution in [-0.2, 0) is 6.61 Å². The first-order valence-electron chi connectivity index (χ1n) is 11.6. The minimum atomic E-state index is -0.466. The monoisotopic (exact) mass is 574 g/mol. The molecule has 0 saturated heterocycles. The van der Waals surface area contributed by atoms with Crippen molar-refractivity contribution in [2.24, 2.45) is 0 Å². The third kappa shape index (κ3) is 5.84. The Labute approximate surface area is 226 Å². The Kier molecular flexibility index (Phi) is 7.52. The van der Waals surface area contributed by atoms with E-state index in [0.29, 0.717) is 23.3 Å². The van der Waals surface area contributed by atoms with E-state index in [4.69, 9.17) is 4.74 Å². The molecule has 186 valence electrons. The van der Waals surface area contributed by atoms with Crippen molar-refractivity contribution >= 4 is 38.5 Å². The van der Waals surface area contributed by atoms with Crippen molar-refractivity contribution in [2.75, 3.05) is 6.54 Å². The van der Waals surface area contributed by atoms with Gasteiger partial charge < -0.3 is 4.74 Å². The molecule has 0 saturated carbocycles. The Morgan fingerprint density at radius 2 is 1.73 bits per heavy atom. The summed E-state index contributed by atoms with van der Waals surface area (Å²) in [5.74, 6) is 1.39. The standard InChI is InChI=1S/C28H23BrN4O3S/c1-19-30-31-28(33(19)24-9-3-2-4-10-24)37-27(17-32(34)35)23-13-14-26(25(29)16-23)36-18-20-11-12-21-7-5-6-8-22(21)15-20/h2-16,27H,17-18H2,1H3/t27-/m0/s1. The zero-order chi connectivity index (χ0) is 25.8. The van der Waals surface area contributed by atoms with Crippen molar-refractivity contribution in [1.29, 1.82) is 0 Å². The molecule has 0 amide bonds. The average Bonchev–Trinajstić information content (AvgIpc) is 3.27. The molecule has 0 aliphatic heterocycles. The van der Waals surface area contributed by atoms with Crippen molar-refractivity contribution in [3.63, 3.8) is 0 Å². The Hall–Kier alpha value is -3.69. The smallest absolute Gasteiger partial charge is 0.220 e. The van der Waals surface area contributed by atoms with Gasteiger partial charge in [-0.25, -0.2) is 0 Å². The van der Waals surface area contributed by atoms with Crippen LogP contribution in [0.15, 0.2) is 101 Å². The summed E-state index contributed by atoms with van der Waals surface area (Å²) in [4.78, 5) is 11.3. The quantitative estimate of drug-likeness (QED) is 0.105. The first-order valence-corrected chi connectivity index (χ1v) is 13.3. The van der Waals surface area contributed by atoms with E-state index >= 15 is 0 Å². The molecule has 0 aliphatic rings. The van der Waals surface area contributed by atoms with Crippen LogP contribution in [0.3, 0.4) is 0 Å². The summed E-state index contributed by atoms with van der Waals surface area (Å²) in [5.41, 5.74) is 2.77. The normalized spacial score (nSPS) is 11.9. The van der Waals surface area contributed by atoms with Crippen molar-refractivity contribution in [3.05, 3.63) is 123 Å². The third-order valence-corrected chi connectivity index (χ3v) is 7.71. The number of fused-ring (bicyclic) bond motifs is 1. The first kappa shape index (κ1) is 25.0. The minimum absolute atomic E-state index is 0.255. The lowest BCUT2D eigenvalue weighted by Crippen LogP contribution is -2.11. The number of hydrogen-bond acceptors (Lipinski definition) is 6. The van der Waals surface area contributed by atoms with E-state index in [1.54, 1.807) is 0 Å². The SMILES string of the molecule is Cc1nnc(S[C@@H](C[N+](=O)[O-])c2ccc(OCc3ccc4ccccc4c3)c(Br)c2)n1-c1ccccc1. The highest BCUT2D eigenvalue weighted by Crippen LogP contribution is 2.39. The van der Waals surface area contributed by atoms with Crippen LogP contribution in [0.4, 0.5) is 0 Å². The maximum absolute atomic E-state index is 11.6. The van der Waals surface area contributed by atoms with Gasteiger partial charge in [-0.1, -0.05) is 72.4 Å². The molecule has 0 radical (unpaired) electrons. The minimum Gasteiger partial charge on any atom is -0.488 e. The lowest BCUT2D eigenvalue weighted by molar-refractivity contribution is -0.479. The van der Waals surface area contributed by atoms with Crippen molar-refractivity contribution in [3.8, 4) is 11.4 Å². The number of benzene rings is 4. The van der Waals surface area contributed by atoms with Gasteiger partial charge in [0.2, 0.25) is 6.54 Å². The molecule has 0 spiro atoms. The molecule has 1 atom stereocenters. The summed E-state index contributed by atoms with van der Waals surface area (Å²) in [6, 6.07) is 29.8. The number of nitrogens with zero attached hydrogens (tertiary/aromatic N) is 4. The van der Waals surface area contributed by atoms with Gasteiger partial charge in [-0.3, -0.25) is 14.7 Å². The van der Waals surface area contributed by atoms with E-state index in [2.05, 4.69) is 56.5 Å². The highest BCUT2D eigenvalue weighted by Gasteiger charge is 2.24. The van der Waals surface area contributed by atoms with Crippen molar-refractivity contribution < 1.29 is 9.66 Å². The largest absolute Gasteiger partial charge is 0.488 e. The van der Waals surface area contributed by atoms with E-state index in [-0.39, 0.29) is 11.5 Å². The van der Waals surface area contributed by atoms with Crippen LogP contribution in [0.25, 0.3) is 16.5 Å². The molecule has 7 nitrogen and oxygen atoms in total. The zero-order valence-electron chi connectivity index (χ0n) is 20.0. The van der Waals surface area contributed by atoms with Crippen LogP contribution < -0.4 is 4.74 Å². The fourth-order valence-electron chi connectivity index (χ4n) is 4.09. The number of para-hydroxylation sites is 1. The van der Waals surface area contributed by atoms with E-state index in [1.165, 1.54) is 17.1 Å². The average molecular weight is 575 g/mol. The molecule has 1 heterocycles. The van der Waals surface area contributed by atoms with Gasteiger partial charge in [-0.05, 0) is 75.1 Å². The fourth-order valence-corrected chi connectivity index (χ4v) is 5.77. The summed E-state index contributed by atoms with van der Waals surface area (Å²) in [5, 5.41) is 22.6. The molecule has 0 aliphatic carbocycles. The second-order valence-electron chi connectivity index (χ2n) is 8.48. The van der Waals surface area contributed by atoms with Crippen LogP contribution in [0.5, 0.6) is 5.75 Å². The maximum Gasteiger partial charge on any atom is 0.220 e. The number of halogens is 1. The number of nitro groups is 1. The van der Waals surface area contributed by atoms with Crippen molar-refractivity contribution in [1.82, 2.24) is 14.8 Å². The maximum atomic E-state index is 11.6. The van der Waals surface area contributed by atoms with Crippen LogP contribution in [0.1, 0.15) is 22.2 Å². The molecule has 1 aromatic heterocycles. The van der Waals surface area contributed by atoms with E-state index in [1.807, 2.05) is 72.2 Å². The van der Waals surface area contributed by atoms with Gasteiger partial charge in [0.05, 0.1) is 4.47 Å². The summed E-state index contributed by atoms with van der Waals surface area (Å²) >= 11 is 4.92. The number of aromatic nitrogens is 3. The van der Waals surface area contributed by atoms with E-state index < -0.39 is 5.25 Å². The van der Waals surface area contributed by atoms with Gasteiger partial charge in [0.25, 0.3) is 0 Å². The van der Waals surface area contributed by atoms with Gasteiger partial charge in [-0.15, -0.1) is 10.2 Å². The van der Waals surface area contributed by atoms with Gasteiger partial charge in [0.15, 0.2) is 5.16 Å². The molecule has 9 heteroatoms. The van der Waals surface area contributed by atoms with Gasteiger partial charge in [-0.2, -0.15) is 0 Å². The number of aryl methyl sites for hydroxylation is 1. The van der Waals surface area contributed by atoms with E-state index in [9.17, 15) is 10.1 Å². The van der Waals surface area contributed by atoms with E-state index in [0.717, 1.165) is 26.7 Å². The number of hydrogen-bond donors (Lipinski definition) is 0. The van der Waals surface area contributed by atoms with Crippen LogP contribution in [0, 0.1) is 17.0 Å². The molecule has 0 fully saturated rings. The summed E-state index contributed by atoms with van der Waals surface area (Å²) in [6.07, 6.45) is 0. The fraction of sp³-hybridized carbons (Fsp3) is 0.143. The number of rotatable bonds is 9. The molecule has 4 aromatic carbocycles. The number of thioether (sulfide) groups is 1. The highest BCUT2D eigenvalue weighted by atomic mass is 79.9. The molecule has 5 rings (SSSR count). The zero-order valence-corrected chi connectivity index (χ0v) is 22.4. The Morgan fingerprint density at radius 1 is 0.973 bits per heavy atom. The second kappa shape index (κ2) is 11.1. The van der Waals surface area contributed by atoms with Crippen molar-refractivity contribution in [2.45, 2.75) is 23.9 Å². The Balaban J connectivity index is 1.36. The third-order valence-electron chi connectivity index (χ3n) is 5.91. The van der Waals surface area contributed by atoms with Crippen LogP contribution >= 0.6 is 27.7 Å². The Bertz CT molecular complexity index is 1560. The number of ether oxygens (including phenoxy) is 1. The molecule has 5 aromatic rings. The predicted molar refractivity (Wildman–Crippen MR) is 149 cm³/mol. The first-order chi connectivity index (χ1) is 18.0. The lowest BCUT2D eigenvalue weighted by Gasteiger charge is -2.16. The topological polar surface area (TPSA) is 83.1 Å².